The first-order valence-corrected chi connectivity index (χ1v) is 5.88. The van der Waals surface area contributed by atoms with Crippen molar-refractivity contribution in [2.24, 2.45) is 0 Å². The highest BCUT2D eigenvalue weighted by molar-refractivity contribution is 6.34. The Morgan fingerprint density at radius 3 is 2.20 bits per heavy atom. The van der Waals surface area contributed by atoms with Crippen LogP contribution in [-0.4, -0.2) is 11.1 Å². The monoisotopic (exact) mass is 300 g/mol. The number of halogens is 4. The molecule has 0 aliphatic rings. The molecule has 0 saturated heterocycles. The fraction of sp³-hybridized carbons (Fsp3) is 0.0714. The van der Waals surface area contributed by atoms with E-state index in [0.717, 1.165) is 6.07 Å². The van der Waals surface area contributed by atoms with Gasteiger partial charge in [0.05, 0.1) is 11.1 Å². The number of benzene rings is 2. The first-order chi connectivity index (χ1) is 9.30. The summed E-state index contributed by atoms with van der Waals surface area (Å²) in [4.78, 5) is 10.9. The molecule has 2 rings (SSSR count). The zero-order valence-corrected chi connectivity index (χ0v) is 10.7. The lowest BCUT2D eigenvalue weighted by molar-refractivity contribution is -0.137. The Bertz CT molecular complexity index is 651. The molecule has 104 valence electrons. The molecule has 0 bridgehead atoms. The molecule has 20 heavy (non-hydrogen) atoms. The van der Waals surface area contributed by atoms with Crippen LogP contribution in [0.5, 0.6) is 0 Å². The second-order valence-corrected chi connectivity index (χ2v) is 4.46. The van der Waals surface area contributed by atoms with Crippen molar-refractivity contribution in [3.63, 3.8) is 0 Å². The molecule has 0 radical (unpaired) electrons. The summed E-state index contributed by atoms with van der Waals surface area (Å²) < 4.78 is 39.3. The Kier molecular flexibility index (Phi) is 3.72. The van der Waals surface area contributed by atoms with Gasteiger partial charge < -0.3 is 5.11 Å². The van der Waals surface area contributed by atoms with Crippen molar-refractivity contribution < 1.29 is 23.1 Å². The smallest absolute Gasteiger partial charge is 0.417 e. The number of alkyl halides is 3. The van der Waals surface area contributed by atoms with Crippen LogP contribution in [0.15, 0.2) is 42.5 Å². The van der Waals surface area contributed by atoms with Gasteiger partial charge in [-0.25, -0.2) is 4.79 Å². The van der Waals surface area contributed by atoms with Crippen LogP contribution in [0, 0.1) is 0 Å². The van der Waals surface area contributed by atoms with Gasteiger partial charge >= 0.3 is 12.1 Å². The number of carboxylic acids is 1. The molecule has 6 heteroatoms. The van der Waals surface area contributed by atoms with E-state index in [1.54, 1.807) is 18.2 Å². The Morgan fingerprint density at radius 2 is 1.70 bits per heavy atom. The van der Waals surface area contributed by atoms with E-state index < -0.39 is 23.3 Å². The number of aromatic carboxylic acids is 1. The molecule has 0 atom stereocenters. The van der Waals surface area contributed by atoms with Gasteiger partial charge in [-0.3, -0.25) is 0 Å². The van der Waals surface area contributed by atoms with Crippen molar-refractivity contribution in [1.82, 2.24) is 0 Å². The van der Waals surface area contributed by atoms with E-state index in [4.69, 9.17) is 16.7 Å². The SMILES string of the molecule is O=C(O)c1cc(Cl)c(-c2ccccc2)c(C(F)(F)F)c1. The summed E-state index contributed by atoms with van der Waals surface area (Å²) in [6, 6.07) is 9.40. The minimum absolute atomic E-state index is 0.218. The zero-order valence-electron chi connectivity index (χ0n) is 9.91. The molecule has 0 heterocycles. The summed E-state index contributed by atoms with van der Waals surface area (Å²) in [5.41, 5.74) is -1.50. The molecular weight excluding hydrogens is 293 g/mol. The summed E-state index contributed by atoms with van der Waals surface area (Å²) in [6.45, 7) is 0. The minimum atomic E-state index is -4.69. The Labute approximate surface area is 117 Å². The molecule has 2 aromatic rings. The molecule has 0 aromatic heterocycles. The van der Waals surface area contributed by atoms with Crippen LogP contribution in [0.2, 0.25) is 5.02 Å². The average molecular weight is 301 g/mol. The third-order valence-corrected chi connectivity index (χ3v) is 3.00. The summed E-state index contributed by atoms with van der Waals surface area (Å²) in [5, 5.41) is 8.59. The molecule has 1 N–H and O–H groups in total. The van der Waals surface area contributed by atoms with Gasteiger partial charge in [0, 0.05) is 10.6 Å². The van der Waals surface area contributed by atoms with Crippen LogP contribution in [0.3, 0.4) is 0 Å². The Hall–Kier alpha value is -2.01. The second-order valence-electron chi connectivity index (χ2n) is 4.05. The highest BCUT2D eigenvalue weighted by Gasteiger charge is 2.35. The van der Waals surface area contributed by atoms with Gasteiger partial charge in [-0.05, 0) is 17.7 Å². The van der Waals surface area contributed by atoms with E-state index in [-0.39, 0.29) is 16.1 Å². The van der Waals surface area contributed by atoms with E-state index in [9.17, 15) is 18.0 Å². The number of hydrogen-bond acceptors (Lipinski definition) is 1. The number of hydrogen-bond donors (Lipinski definition) is 1. The molecule has 2 nitrogen and oxygen atoms in total. The third kappa shape index (κ3) is 2.77. The van der Waals surface area contributed by atoms with E-state index in [1.807, 2.05) is 0 Å². The fourth-order valence-corrected chi connectivity index (χ4v) is 2.18. The van der Waals surface area contributed by atoms with Gasteiger partial charge in [-0.2, -0.15) is 13.2 Å². The lowest BCUT2D eigenvalue weighted by Gasteiger charge is -2.15. The van der Waals surface area contributed by atoms with Crippen molar-refractivity contribution in [2.75, 3.05) is 0 Å². The van der Waals surface area contributed by atoms with Gasteiger partial charge in [0.15, 0.2) is 0 Å². The third-order valence-electron chi connectivity index (χ3n) is 2.71. The molecule has 0 aliphatic heterocycles. The summed E-state index contributed by atoms with van der Waals surface area (Å²) in [5.74, 6) is -1.46. The van der Waals surface area contributed by atoms with Crippen LogP contribution in [-0.2, 0) is 6.18 Å². The first-order valence-electron chi connectivity index (χ1n) is 5.50. The molecule has 2 aromatic carbocycles. The normalized spacial score (nSPS) is 11.4. The molecule has 0 aliphatic carbocycles. The maximum atomic E-state index is 13.1. The standard InChI is InChI=1S/C14H8ClF3O2/c15-11-7-9(13(19)20)6-10(14(16,17)18)12(11)8-4-2-1-3-5-8/h1-7H,(H,19,20). The molecular formula is C14H8ClF3O2. The Balaban J connectivity index is 2.77. The maximum Gasteiger partial charge on any atom is 0.417 e. The van der Waals surface area contributed by atoms with Crippen molar-refractivity contribution in [3.8, 4) is 11.1 Å². The van der Waals surface area contributed by atoms with Gasteiger partial charge in [-0.15, -0.1) is 0 Å². The van der Waals surface area contributed by atoms with Crippen LogP contribution < -0.4 is 0 Å². The highest BCUT2D eigenvalue weighted by atomic mass is 35.5. The largest absolute Gasteiger partial charge is 0.478 e. The van der Waals surface area contributed by atoms with Gasteiger partial charge in [0.2, 0.25) is 0 Å². The number of rotatable bonds is 2. The van der Waals surface area contributed by atoms with Gasteiger partial charge in [-0.1, -0.05) is 41.9 Å². The number of carbonyl (C=O) groups is 1. The highest BCUT2D eigenvalue weighted by Crippen LogP contribution is 2.41. The summed E-state index contributed by atoms with van der Waals surface area (Å²) in [7, 11) is 0. The number of carboxylic acid groups (broad SMARTS) is 1. The van der Waals surface area contributed by atoms with Crippen LogP contribution in [0.4, 0.5) is 13.2 Å². The van der Waals surface area contributed by atoms with E-state index in [1.165, 1.54) is 12.1 Å². The predicted molar refractivity (Wildman–Crippen MR) is 68.8 cm³/mol. The van der Waals surface area contributed by atoms with E-state index in [0.29, 0.717) is 6.07 Å². The van der Waals surface area contributed by atoms with Crippen molar-refractivity contribution in [3.05, 3.63) is 58.6 Å². The van der Waals surface area contributed by atoms with Crippen molar-refractivity contribution >= 4 is 17.6 Å². The molecule has 0 amide bonds. The molecule has 0 spiro atoms. The Morgan fingerprint density at radius 1 is 1.10 bits per heavy atom. The lowest BCUT2D eigenvalue weighted by Crippen LogP contribution is -2.10. The van der Waals surface area contributed by atoms with E-state index >= 15 is 0 Å². The molecule has 0 saturated carbocycles. The summed E-state index contributed by atoms with van der Waals surface area (Å²) in [6.07, 6.45) is -4.69. The van der Waals surface area contributed by atoms with Gasteiger partial charge in [0.25, 0.3) is 0 Å². The topological polar surface area (TPSA) is 37.3 Å². The molecule has 0 fully saturated rings. The van der Waals surface area contributed by atoms with Crippen molar-refractivity contribution in [1.29, 1.82) is 0 Å². The second kappa shape index (κ2) is 5.17. The zero-order chi connectivity index (χ0) is 14.9. The average Bonchev–Trinajstić information content (AvgIpc) is 2.37. The van der Waals surface area contributed by atoms with Crippen molar-refractivity contribution in [2.45, 2.75) is 6.18 Å². The maximum absolute atomic E-state index is 13.1. The van der Waals surface area contributed by atoms with Crippen LogP contribution in [0.25, 0.3) is 11.1 Å². The lowest BCUT2D eigenvalue weighted by atomic mass is 9.97. The molecule has 0 unspecified atom stereocenters. The van der Waals surface area contributed by atoms with Gasteiger partial charge in [0.1, 0.15) is 0 Å². The minimum Gasteiger partial charge on any atom is -0.478 e. The fourth-order valence-electron chi connectivity index (χ4n) is 1.85. The quantitative estimate of drug-likeness (QED) is 0.871. The summed E-state index contributed by atoms with van der Waals surface area (Å²) >= 11 is 5.86. The van der Waals surface area contributed by atoms with Crippen LogP contribution >= 0.6 is 11.6 Å². The van der Waals surface area contributed by atoms with Crippen LogP contribution in [0.1, 0.15) is 15.9 Å². The predicted octanol–water partition coefficient (Wildman–Crippen LogP) is 4.72. The first kappa shape index (κ1) is 14.4. The van der Waals surface area contributed by atoms with E-state index in [2.05, 4.69) is 0 Å².